The summed E-state index contributed by atoms with van der Waals surface area (Å²) >= 11 is 11.6. The highest BCUT2D eigenvalue weighted by Crippen LogP contribution is 2.29. The number of amides is 1. The maximum atomic E-state index is 12.1. The lowest BCUT2D eigenvalue weighted by Crippen LogP contribution is -2.15. The minimum Gasteiger partial charge on any atom is -0.305 e. The molecule has 8 heteroatoms. The van der Waals surface area contributed by atoms with Gasteiger partial charge in [-0.2, -0.15) is 0 Å². The largest absolute Gasteiger partial charge is 0.305 e. The molecule has 0 unspecified atom stereocenters. The summed E-state index contributed by atoms with van der Waals surface area (Å²) in [5, 5.41) is 13.5. The van der Waals surface area contributed by atoms with Gasteiger partial charge in [0.2, 0.25) is 0 Å². The monoisotopic (exact) mass is 311 g/mol. The maximum absolute atomic E-state index is 12.1. The number of para-hydroxylation sites is 1. The number of hydrogen-bond donors (Lipinski definition) is 1. The van der Waals surface area contributed by atoms with E-state index in [2.05, 4.69) is 10.3 Å². The SMILES string of the molecule is O=C(Nc1ncccc1Cl)c1cccc(Cl)c1[N+](=O)[O-]. The molecular weight excluding hydrogens is 305 g/mol. The molecule has 0 saturated heterocycles. The Labute approximate surface area is 123 Å². The van der Waals surface area contributed by atoms with Gasteiger partial charge in [0.15, 0.2) is 5.82 Å². The topological polar surface area (TPSA) is 85.1 Å². The van der Waals surface area contributed by atoms with Crippen LogP contribution in [0.25, 0.3) is 0 Å². The molecule has 0 saturated carbocycles. The van der Waals surface area contributed by atoms with Crippen molar-refractivity contribution in [1.82, 2.24) is 4.98 Å². The number of rotatable bonds is 3. The van der Waals surface area contributed by atoms with E-state index in [9.17, 15) is 14.9 Å². The number of halogens is 2. The lowest BCUT2D eigenvalue weighted by atomic mass is 10.1. The number of nitrogens with one attached hydrogen (secondary N) is 1. The summed E-state index contributed by atoms with van der Waals surface area (Å²) in [6.45, 7) is 0. The maximum Gasteiger partial charge on any atom is 0.300 e. The molecule has 1 aromatic heterocycles. The summed E-state index contributed by atoms with van der Waals surface area (Å²) in [6.07, 6.45) is 1.44. The number of carbonyl (C=O) groups excluding carboxylic acids is 1. The van der Waals surface area contributed by atoms with E-state index in [-0.39, 0.29) is 21.4 Å². The summed E-state index contributed by atoms with van der Waals surface area (Å²) in [6, 6.07) is 7.22. The molecule has 1 heterocycles. The molecule has 0 fully saturated rings. The fourth-order valence-corrected chi connectivity index (χ4v) is 1.95. The Morgan fingerprint density at radius 1 is 1.20 bits per heavy atom. The van der Waals surface area contributed by atoms with Gasteiger partial charge in [0.05, 0.1) is 9.95 Å². The van der Waals surface area contributed by atoms with Gasteiger partial charge in [0.1, 0.15) is 10.6 Å². The predicted octanol–water partition coefficient (Wildman–Crippen LogP) is 3.55. The number of nitro benzene ring substituents is 1. The molecule has 2 aromatic rings. The molecule has 0 spiro atoms. The van der Waals surface area contributed by atoms with Crippen molar-refractivity contribution in [1.29, 1.82) is 0 Å². The summed E-state index contributed by atoms with van der Waals surface area (Å²) < 4.78 is 0. The van der Waals surface area contributed by atoms with Crippen LogP contribution in [0.15, 0.2) is 36.5 Å². The van der Waals surface area contributed by atoms with Crippen molar-refractivity contribution in [2.45, 2.75) is 0 Å². The second kappa shape index (κ2) is 5.85. The standard InChI is InChI=1S/C12H7Cl2N3O3/c13-8-4-1-3-7(10(8)17(19)20)12(18)16-11-9(14)5-2-6-15-11/h1-6H,(H,15,16,18). The third-order valence-electron chi connectivity index (χ3n) is 2.40. The van der Waals surface area contributed by atoms with Crippen LogP contribution in [0.5, 0.6) is 0 Å². The zero-order chi connectivity index (χ0) is 14.7. The molecule has 2 rings (SSSR count). The third kappa shape index (κ3) is 2.87. The average Bonchev–Trinajstić information content (AvgIpc) is 2.40. The van der Waals surface area contributed by atoms with Gasteiger partial charge in [0, 0.05) is 6.20 Å². The van der Waals surface area contributed by atoms with Crippen molar-refractivity contribution in [3.05, 3.63) is 62.3 Å². The summed E-state index contributed by atoms with van der Waals surface area (Å²) in [4.78, 5) is 26.2. The first-order valence-electron chi connectivity index (χ1n) is 5.35. The molecule has 102 valence electrons. The van der Waals surface area contributed by atoms with Crippen LogP contribution in [0.2, 0.25) is 10.0 Å². The van der Waals surface area contributed by atoms with Gasteiger partial charge >= 0.3 is 5.69 Å². The molecule has 6 nitrogen and oxygen atoms in total. The summed E-state index contributed by atoms with van der Waals surface area (Å²) in [7, 11) is 0. The second-order valence-electron chi connectivity index (χ2n) is 3.68. The first-order valence-corrected chi connectivity index (χ1v) is 6.11. The molecule has 1 aromatic carbocycles. The Morgan fingerprint density at radius 3 is 2.55 bits per heavy atom. The van der Waals surface area contributed by atoms with Crippen molar-refractivity contribution in [3.8, 4) is 0 Å². The third-order valence-corrected chi connectivity index (χ3v) is 3.01. The number of nitro groups is 1. The lowest BCUT2D eigenvalue weighted by Gasteiger charge is -2.06. The van der Waals surface area contributed by atoms with Crippen molar-refractivity contribution in [2.24, 2.45) is 0 Å². The molecule has 0 aliphatic heterocycles. The number of aromatic nitrogens is 1. The first-order chi connectivity index (χ1) is 9.50. The number of pyridine rings is 1. The molecule has 0 bridgehead atoms. The summed E-state index contributed by atoms with van der Waals surface area (Å²) in [5.41, 5.74) is -0.622. The van der Waals surface area contributed by atoms with Crippen LogP contribution in [0.3, 0.4) is 0 Å². The molecule has 0 aliphatic carbocycles. The van der Waals surface area contributed by atoms with E-state index in [1.54, 1.807) is 6.07 Å². The highest BCUT2D eigenvalue weighted by Gasteiger charge is 2.24. The van der Waals surface area contributed by atoms with E-state index in [4.69, 9.17) is 23.2 Å². The van der Waals surface area contributed by atoms with Crippen LogP contribution < -0.4 is 5.32 Å². The normalized spacial score (nSPS) is 10.1. The van der Waals surface area contributed by atoms with E-state index >= 15 is 0 Å². The number of benzene rings is 1. The average molecular weight is 312 g/mol. The number of carbonyl (C=O) groups is 1. The number of nitrogens with zero attached hydrogens (tertiary/aromatic N) is 2. The lowest BCUT2D eigenvalue weighted by molar-refractivity contribution is -0.385. The summed E-state index contributed by atoms with van der Waals surface area (Å²) in [5.74, 6) is -0.590. The molecular formula is C12H7Cl2N3O3. The van der Waals surface area contributed by atoms with Crippen LogP contribution >= 0.6 is 23.2 Å². The molecule has 0 radical (unpaired) electrons. The Bertz CT molecular complexity index is 691. The quantitative estimate of drug-likeness (QED) is 0.693. The molecule has 0 aliphatic rings. The zero-order valence-electron chi connectivity index (χ0n) is 9.84. The fourth-order valence-electron chi connectivity index (χ4n) is 1.54. The van der Waals surface area contributed by atoms with Crippen molar-refractivity contribution < 1.29 is 9.72 Å². The van der Waals surface area contributed by atoms with E-state index in [1.807, 2.05) is 0 Å². The van der Waals surface area contributed by atoms with E-state index in [0.717, 1.165) is 0 Å². The Hall–Kier alpha value is -2.18. The number of hydrogen-bond acceptors (Lipinski definition) is 4. The Morgan fingerprint density at radius 2 is 1.90 bits per heavy atom. The van der Waals surface area contributed by atoms with Gasteiger partial charge in [-0.3, -0.25) is 14.9 Å². The van der Waals surface area contributed by atoms with Gasteiger partial charge in [-0.25, -0.2) is 4.98 Å². The first kappa shape index (κ1) is 14.2. The van der Waals surface area contributed by atoms with Gasteiger partial charge in [0.25, 0.3) is 5.91 Å². The molecule has 0 atom stereocenters. The molecule has 1 N–H and O–H groups in total. The predicted molar refractivity (Wildman–Crippen MR) is 75.3 cm³/mol. The van der Waals surface area contributed by atoms with E-state index < -0.39 is 16.5 Å². The smallest absolute Gasteiger partial charge is 0.300 e. The van der Waals surface area contributed by atoms with Crippen LogP contribution in [-0.2, 0) is 0 Å². The minimum absolute atomic E-state index is 0.116. The second-order valence-corrected chi connectivity index (χ2v) is 4.50. The highest BCUT2D eigenvalue weighted by molar-refractivity contribution is 6.34. The van der Waals surface area contributed by atoms with E-state index in [1.165, 1.54) is 30.5 Å². The van der Waals surface area contributed by atoms with Crippen LogP contribution in [-0.4, -0.2) is 15.8 Å². The highest BCUT2D eigenvalue weighted by atomic mass is 35.5. The van der Waals surface area contributed by atoms with Crippen molar-refractivity contribution >= 4 is 40.6 Å². The number of anilines is 1. The molecule has 20 heavy (non-hydrogen) atoms. The van der Waals surface area contributed by atoms with E-state index in [0.29, 0.717) is 0 Å². The zero-order valence-corrected chi connectivity index (χ0v) is 11.4. The van der Waals surface area contributed by atoms with Gasteiger partial charge in [-0.1, -0.05) is 29.3 Å². The van der Waals surface area contributed by atoms with Gasteiger partial charge < -0.3 is 5.32 Å². The van der Waals surface area contributed by atoms with Gasteiger partial charge in [-0.15, -0.1) is 0 Å². The van der Waals surface area contributed by atoms with Crippen LogP contribution in [0.4, 0.5) is 11.5 Å². The van der Waals surface area contributed by atoms with Gasteiger partial charge in [-0.05, 0) is 24.3 Å². The van der Waals surface area contributed by atoms with Crippen molar-refractivity contribution in [2.75, 3.05) is 5.32 Å². The Kier molecular flexibility index (Phi) is 4.16. The van der Waals surface area contributed by atoms with Crippen LogP contribution in [0, 0.1) is 10.1 Å². The minimum atomic E-state index is -0.711. The fraction of sp³-hybridized carbons (Fsp3) is 0. The van der Waals surface area contributed by atoms with Crippen LogP contribution in [0.1, 0.15) is 10.4 Å². The molecule has 1 amide bonds. The van der Waals surface area contributed by atoms with Crippen molar-refractivity contribution in [3.63, 3.8) is 0 Å². The Balaban J connectivity index is 2.38.